The number of anilines is 1. The first-order valence-corrected chi connectivity index (χ1v) is 10.7. The molecule has 0 spiro atoms. The molecule has 0 saturated heterocycles. The normalized spacial score (nSPS) is 15.2. The van der Waals surface area contributed by atoms with Gasteiger partial charge in [-0.1, -0.05) is 18.2 Å². The number of hydrogen-bond donors (Lipinski definition) is 2. The molecule has 8 heteroatoms. The summed E-state index contributed by atoms with van der Waals surface area (Å²) in [5.41, 5.74) is 8.27. The molecule has 0 unspecified atom stereocenters. The number of carbonyl (C=O) groups excluding carboxylic acids is 2. The van der Waals surface area contributed by atoms with E-state index in [2.05, 4.69) is 5.32 Å². The average Bonchev–Trinajstić information content (AvgIpc) is 3.16. The smallest absolute Gasteiger partial charge is 0.255 e. The predicted octanol–water partition coefficient (Wildman–Crippen LogP) is 4.29. The topological polar surface area (TPSA) is 90.7 Å². The molecule has 6 nitrogen and oxygen atoms in total. The highest BCUT2D eigenvalue weighted by Crippen LogP contribution is 2.47. The summed E-state index contributed by atoms with van der Waals surface area (Å²) in [6.07, 6.45) is 0.281. The number of rotatable bonds is 7. The average molecular weight is 440 g/mol. The third kappa shape index (κ3) is 4.39. The van der Waals surface area contributed by atoms with Crippen molar-refractivity contribution < 1.29 is 23.5 Å². The van der Waals surface area contributed by atoms with Crippen LogP contribution in [0.2, 0.25) is 0 Å². The number of fused-ring (bicyclic) bond motifs is 1. The summed E-state index contributed by atoms with van der Waals surface area (Å²) in [6, 6.07) is 11.7. The molecule has 3 N–H and O–H groups in total. The fourth-order valence-corrected chi connectivity index (χ4v) is 4.80. The van der Waals surface area contributed by atoms with E-state index < -0.39 is 5.91 Å². The van der Waals surface area contributed by atoms with E-state index in [-0.39, 0.29) is 30.7 Å². The number of hydrogen-bond acceptors (Lipinski definition) is 5. The lowest BCUT2D eigenvalue weighted by atomic mass is 9.89. The molecule has 2 amide bonds. The first-order chi connectivity index (χ1) is 15.0. The van der Waals surface area contributed by atoms with E-state index >= 15 is 0 Å². The van der Waals surface area contributed by atoms with E-state index in [9.17, 15) is 14.0 Å². The molecule has 2 heterocycles. The molecule has 1 atom stereocenters. The molecule has 160 valence electrons. The van der Waals surface area contributed by atoms with E-state index in [1.807, 2.05) is 30.5 Å². The van der Waals surface area contributed by atoms with Gasteiger partial charge in [-0.05, 0) is 42.3 Å². The number of thiophene rings is 1. The highest BCUT2D eigenvalue weighted by Gasteiger charge is 2.31. The molecule has 1 aliphatic heterocycles. The van der Waals surface area contributed by atoms with Crippen molar-refractivity contribution in [2.24, 2.45) is 5.73 Å². The number of halogens is 1. The molecule has 1 aliphatic rings. The number of nitrogens with two attached hydrogens (primary N) is 1. The van der Waals surface area contributed by atoms with Crippen LogP contribution in [-0.2, 0) is 9.59 Å². The van der Waals surface area contributed by atoms with Crippen LogP contribution in [0.25, 0.3) is 11.1 Å². The Bertz CT molecular complexity index is 1140. The first-order valence-electron chi connectivity index (χ1n) is 9.81. The Morgan fingerprint density at radius 3 is 2.81 bits per heavy atom. The molecular weight excluding hydrogens is 419 g/mol. The van der Waals surface area contributed by atoms with Crippen LogP contribution in [0.15, 0.2) is 47.8 Å². The van der Waals surface area contributed by atoms with Crippen molar-refractivity contribution in [1.29, 1.82) is 0 Å². The summed E-state index contributed by atoms with van der Waals surface area (Å²) in [6.45, 7) is 2.01. The maximum atomic E-state index is 13.7. The zero-order valence-electron chi connectivity index (χ0n) is 16.8. The van der Waals surface area contributed by atoms with E-state index in [4.69, 9.17) is 15.2 Å². The van der Waals surface area contributed by atoms with Crippen LogP contribution in [0, 0.1) is 5.82 Å². The molecule has 0 fully saturated rings. The number of primary amides is 1. The van der Waals surface area contributed by atoms with E-state index in [0.717, 1.165) is 16.0 Å². The van der Waals surface area contributed by atoms with Gasteiger partial charge >= 0.3 is 0 Å². The molecular formula is C23H21FN2O4S. The van der Waals surface area contributed by atoms with E-state index in [0.29, 0.717) is 29.4 Å². The molecule has 3 aromatic rings. The van der Waals surface area contributed by atoms with Gasteiger partial charge in [-0.3, -0.25) is 9.59 Å². The predicted molar refractivity (Wildman–Crippen MR) is 117 cm³/mol. The van der Waals surface area contributed by atoms with E-state index in [1.165, 1.54) is 23.5 Å². The zero-order valence-corrected chi connectivity index (χ0v) is 17.6. The summed E-state index contributed by atoms with van der Waals surface area (Å²) in [4.78, 5) is 24.6. The summed E-state index contributed by atoms with van der Waals surface area (Å²) < 4.78 is 24.9. The Hall–Kier alpha value is -3.39. The minimum Gasteiger partial charge on any atom is -0.490 e. The van der Waals surface area contributed by atoms with Crippen LogP contribution in [-0.4, -0.2) is 25.0 Å². The maximum Gasteiger partial charge on any atom is 0.255 e. The van der Waals surface area contributed by atoms with Crippen LogP contribution >= 0.6 is 11.3 Å². The molecule has 4 rings (SSSR count). The second kappa shape index (κ2) is 8.77. The van der Waals surface area contributed by atoms with Gasteiger partial charge in [0.15, 0.2) is 18.1 Å². The molecule has 0 radical (unpaired) electrons. The van der Waals surface area contributed by atoms with Gasteiger partial charge in [0.1, 0.15) is 5.82 Å². The molecule has 31 heavy (non-hydrogen) atoms. The van der Waals surface area contributed by atoms with Crippen molar-refractivity contribution in [3.05, 3.63) is 64.1 Å². The summed E-state index contributed by atoms with van der Waals surface area (Å²) in [5.74, 6) is -0.305. The van der Waals surface area contributed by atoms with Crippen molar-refractivity contribution in [3.8, 4) is 22.6 Å². The Balaban J connectivity index is 1.72. The van der Waals surface area contributed by atoms with Crippen molar-refractivity contribution >= 4 is 28.8 Å². The van der Waals surface area contributed by atoms with Gasteiger partial charge in [-0.15, -0.1) is 11.3 Å². The van der Waals surface area contributed by atoms with Gasteiger partial charge in [0.05, 0.1) is 12.3 Å². The number of nitrogens with one attached hydrogen (secondary N) is 1. The lowest BCUT2D eigenvalue weighted by Gasteiger charge is -2.25. The third-order valence-electron chi connectivity index (χ3n) is 4.97. The van der Waals surface area contributed by atoms with Crippen LogP contribution < -0.4 is 20.5 Å². The Labute approximate surface area is 182 Å². The lowest BCUT2D eigenvalue weighted by molar-refractivity contribution is -0.120. The summed E-state index contributed by atoms with van der Waals surface area (Å²) >= 11 is 1.52. The molecule has 1 aromatic heterocycles. The number of benzene rings is 2. The van der Waals surface area contributed by atoms with Crippen molar-refractivity contribution in [3.63, 3.8) is 0 Å². The fourth-order valence-electron chi connectivity index (χ4n) is 3.64. The molecule has 0 aliphatic carbocycles. The fraction of sp³-hybridized carbons (Fsp3) is 0.217. The van der Waals surface area contributed by atoms with Gasteiger partial charge in [0.2, 0.25) is 5.91 Å². The number of ether oxygens (including phenoxy) is 2. The van der Waals surface area contributed by atoms with Crippen molar-refractivity contribution in [2.45, 2.75) is 19.3 Å². The van der Waals surface area contributed by atoms with Crippen LogP contribution in [0.5, 0.6) is 11.5 Å². The minimum atomic E-state index is -0.580. The van der Waals surface area contributed by atoms with Gasteiger partial charge in [0, 0.05) is 28.2 Å². The quantitative estimate of drug-likeness (QED) is 0.573. The zero-order chi connectivity index (χ0) is 22.0. The van der Waals surface area contributed by atoms with Gasteiger partial charge in [0.25, 0.3) is 5.91 Å². The second-order valence-electron chi connectivity index (χ2n) is 7.10. The second-order valence-corrected chi connectivity index (χ2v) is 8.01. The minimum absolute atomic E-state index is 0.111. The lowest BCUT2D eigenvalue weighted by Crippen LogP contribution is -2.22. The molecule has 0 bridgehead atoms. The SMILES string of the molecule is CCOc1cc([C@@H]2CC(=O)Nc3c(-c4cccc(F)c4)csc32)ccc1OCC(N)=O. The van der Waals surface area contributed by atoms with Crippen molar-refractivity contribution in [1.82, 2.24) is 0 Å². The van der Waals surface area contributed by atoms with E-state index in [1.54, 1.807) is 12.1 Å². The molecule has 2 aromatic carbocycles. The molecule has 0 saturated carbocycles. The van der Waals surface area contributed by atoms with Crippen LogP contribution in [0.3, 0.4) is 0 Å². The maximum absolute atomic E-state index is 13.7. The highest BCUT2D eigenvalue weighted by atomic mass is 32.1. The summed E-state index contributed by atoms with van der Waals surface area (Å²) in [5, 5.41) is 4.89. The Morgan fingerprint density at radius 1 is 1.23 bits per heavy atom. The van der Waals surface area contributed by atoms with Crippen LogP contribution in [0.1, 0.15) is 29.7 Å². The number of carbonyl (C=O) groups is 2. The Morgan fingerprint density at radius 2 is 2.06 bits per heavy atom. The first kappa shape index (κ1) is 20.9. The van der Waals surface area contributed by atoms with Gasteiger partial charge in [-0.2, -0.15) is 0 Å². The van der Waals surface area contributed by atoms with Crippen LogP contribution in [0.4, 0.5) is 10.1 Å². The third-order valence-corrected chi connectivity index (χ3v) is 6.06. The van der Waals surface area contributed by atoms with Gasteiger partial charge < -0.3 is 20.5 Å². The number of amides is 2. The summed E-state index contributed by atoms with van der Waals surface area (Å²) in [7, 11) is 0. The standard InChI is InChI=1S/C23H21FN2O4S/c1-2-29-19-9-14(6-7-18(19)30-11-20(25)27)16-10-21(28)26-22-17(12-31-23(16)22)13-4-3-5-15(24)8-13/h3-9,12,16H,2,10-11H2,1H3,(H2,25,27)(H,26,28)/t16-/m0/s1. The van der Waals surface area contributed by atoms with Crippen molar-refractivity contribution in [2.75, 3.05) is 18.5 Å². The highest BCUT2D eigenvalue weighted by molar-refractivity contribution is 7.11. The Kier molecular flexibility index (Phi) is 5.90. The largest absolute Gasteiger partial charge is 0.490 e. The monoisotopic (exact) mass is 440 g/mol. The van der Waals surface area contributed by atoms with Gasteiger partial charge in [-0.25, -0.2) is 4.39 Å².